The Balaban J connectivity index is 0.000000154. The van der Waals surface area contributed by atoms with Crippen LogP contribution in [-0.4, -0.2) is 32.0 Å². The number of carbonyl (C=O) groups is 1. The molecule has 110 heavy (non-hydrogen) atoms. The predicted molar refractivity (Wildman–Crippen MR) is 457 cm³/mol. The number of hydrogen-bond donors (Lipinski definition) is 0. The standard InChI is InChI=1S/C20H17N3.C20H20.C19H17NO.C19H19N.C14H2.C12H20/c1-20(2,3)23-19-17-11-7-5-9-15(17)13-12-14-8-4-6-10-16(14)18(19)21-22-23;1-20(2,3)19-14-17-10-5-4-8-15(17)12-13-16-9-6-7-11-18(16)19;1-19(2,3)20-17-11-7-5-9-15(17)13-12-14-8-4-6-10-16(14)18(20)21;1-19(2,3)20-14-17-10-5-4-8-15(17)12-13-16-9-6-7-11-18(16)20;1-3-5-7-9-11-13-14-12-10-8-6-4-2;1-12(2,3)11-9-7-5-4-6-8-10-11/h4-11H,1-3H3;4-11,19H,14H2,1-3H3;4-11H,1-3H3;4-11H,14H2,1-3H3;1-2H;11H,4-7,9H2,1-3H3. The van der Waals surface area contributed by atoms with Crippen LogP contribution in [0.4, 0.5) is 11.4 Å². The van der Waals surface area contributed by atoms with Gasteiger partial charge in [-0.3, -0.25) is 4.79 Å². The van der Waals surface area contributed by atoms with Crippen LogP contribution in [0, 0.1) is 160 Å². The summed E-state index contributed by atoms with van der Waals surface area (Å²) in [6, 6.07) is 65.7. The number of rotatable bonds is 0. The van der Waals surface area contributed by atoms with Gasteiger partial charge in [0.1, 0.15) is 5.69 Å². The molecule has 1 aromatic heterocycles. The Morgan fingerprint density at radius 3 is 1.35 bits per heavy atom. The molecule has 6 nitrogen and oxygen atoms in total. The molecular weight excluding hydrogens is 1340 g/mol. The van der Waals surface area contributed by atoms with Crippen molar-refractivity contribution in [1.82, 2.24) is 15.0 Å². The molecule has 0 fully saturated rings. The van der Waals surface area contributed by atoms with Gasteiger partial charge in [-0.1, -0.05) is 240 Å². The van der Waals surface area contributed by atoms with E-state index in [9.17, 15) is 4.79 Å². The van der Waals surface area contributed by atoms with Crippen molar-refractivity contribution in [1.29, 1.82) is 0 Å². The normalized spacial score (nSPS) is 13.8. The highest BCUT2D eigenvalue weighted by atomic mass is 16.2. The summed E-state index contributed by atoms with van der Waals surface area (Å²) in [5, 5.41) is 8.97. The van der Waals surface area contributed by atoms with Crippen molar-refractivity contribution in [3.05, 3.63) is 261 Å². The fourth-order valence-corrected chi connectivity index (χ4v) is 13.0. The van der Waals surface area contributed by atoms with E-state index in [1.165, 1.54) is 59.2 Å². The monoisotopic (exact) mass is 1430 g/mol. The third-order valence-electron chi connectivity index (χ3n) is 18.7. The van der Waals surface area contributed by atoms with Crippen LogP contribution in [0.15, 0.2) is 194 Å². The van der Waals surface area contributed by atoms with Crippen LogP contribution in [0.2, 0.25) is 0 Å². The Bertz CT molecular complexity index is 5480. The van der Waals surface area contributed by atoms with Gasteiger partial charge in [-0.2, -0.15) is 0 Å². The second-order valence-electron chi connectivity index (χ2n) is 32.0. The number of fused-ring (bicyclic) bond motifs is 11. The SMILES string of the molecule is C#CC#CC#CC#CC#CC#CC#C.CC(C)(C)C1C#CCCCCC1.CC(C)(C)C1Cc2ccccc2C#Cc2ccccc21.CC(C)(C)N1C(=O)c2ccccc2C#Cc2ccccc21.CC(C)(C)N1Cc2ccccc2C#Cc2ccccc21.CC(C)(C)n1nnc2c1-c1ccccc1C#Cc1ccccc1-2. The Labute approximate surface area is 657 Å². The van der Waals surface area contributed by atoms with E-state index in [0.717, 1.165) is 81.0 Å². The zero-order valence-electron chi connectivity index (χ0n) is 66.4. The van der Waals surface area contributed by atoms with Crippen LogP contribution in [-0.2, 0) is 18.5 Å². The highest BCUT2D eigenvalue weighted by Crippen LogP contribution is 2.42. The van der Waals surface area contributed by atoms with Crippen LogP contribution in [0.1, 0.15) is 213 Å². The summed E-state index contributed by atoms with van der Waals surface area (Å²) >= 11 is 0. The van der Waals surface area contributed by atoms with Gasteiger partial charge in [0, 0.05) is 85.6 Å². The Morgan fingerprint density at radius 2 is 0.818 bits per heavy atom. The maximum Gasteiger partial charge on any atom is 0.260 e. The summed E-state index contributed by atoms with van der Waals surface area (Å²) in [5.41, 5.74) is 19.3. The quantitative estimate of drug-likeness (QED) is 0.142. The lowest BCUT2D eigenvalue weighted by Gasteiger charge is -2.39. The fourth-order valence-electron chi connectivity index (χ4n) is 13.0. The number of nitrogens with zero attached hydrogens (tertiary/aromatic N) is 5. The lowest BCUT2D eigenvalue weighted by Crippen LogP contribution is -2.46. The first kappa shape index (κ1) is 81.0. The molecule has 14 rings (SSSR count). The second-order valence-corrected chi connectivity index (χ2v) is 32.0. The van der Waals surface area contributed by atoms with Crippen LogP contribution in [0.3, 0.4) is 0 Å². The molecule has 0 spiro atoms. The van der Waals surface area contributed by atoms with Gasteiger partial charge < -0.3 is 9.80 Å². The van der Waals surface area contributed by atoms with E-state index in [4.69, 9.17) is 12.8 Å². The Morgan fingerprint density at radius 1 is 0.400 bits per heavy atom. The van der Waals surface area contributed by atoms with Gasteiger partial charge in [-0.15, -0.1) is 23.9 Å². The smallest absolute Gasteiger partial charge is 0.260 e. The minimum atomic E-state index is -0.320. The Hall–Kier alpha value is -13.1. The molecule has 2 atom stereocenters. The average molecular weight is 1430 g/mol. The number of anilines is 2. The van der Waals surface area contributed by atoms with Crippen LogP contribution in [0.5, 0.6) is 0 Å². The molecule has 0 bridgehead atoms. The van der Waals surface area contributed by atoms with Gasteiger partial charge in [0.25, 0.3) is 5.91 Å². The van der Waals surface area contributed by atoms with Gasteiger partial charge >= 0.3 is 0 Å². The number of amides is 1. The third-order valence-corrected chi connectivity index (χ3v) is 18.7. The topological polar surface area (TPSA) is 54.3 Å². The summed E-state index contributed by atoms with van der Waals surface area (Å²) < 4.78 is 2.00. The van der Waals surface area contributed by atoms with E-state index in [1.807, 2.05) is 109 Å². The zero-order valence-corrected chi connectivity index (χ0v) is 66.4. The molecule has 0 saturated carbocycles. The highest BCUT2D eigenvalue weighted by Gasteiger charge is 2.34. The van der Waals surface area contributed by atoms with Crippen molar-refractivity contribution in [3.8, 4) is 166 Å². The molecule has 3 heterocycles. The number of terminal acetylenes is 2. The highest BCUT2D eigenvalue weighted by molar-refractivity contribution is 6.09. The minimum Gasteiger partial charge on any atom is -0.361 e. The van der Waals surface area contributed by atoms with Crippen molar-refractivity contribution >= 4 is 17.3 Å². The molecule has 2 aliphatic heterocycles. The molecule has 1 amide bonds. The van der Waals surface area contributed by atoms with E-state index < -0.39 is 0 Å². The van der Waals surface area contributed by atoms with Gasteiger partial charge in [-0.25, -0.2) is 4.68 Å². The second kappa shape index (κ2) is 37.4. The van der Waals surface area contributed by atoms with Crippen molar-refractivity contribution in [2.24, 2.45) is 16.7 Å². The molecular formula is C104H95N5O. The first-order valence-electron chi connectivity index (χ1n) is 37.4. The lowest BCUT2D eigenvalue weighted by molar-refractivity contribution is 0.0965. The van der Waals surface area contributed by atoms with Crippen molar-refractivity contribution < 1.29 is 4.79 Å². The third kappa shape index (κ3) is 22.0. The van der Waals surface area contributed by atoms with Crippen LogP contribution < -0.4 is 9.80 Å². The van der Waals surface area contributed by atoms with E-state index in [-0.39, 0.29) is 27.9 Å². The molecule has 0 radical (unpaired) electrons. The van der Waals surface area contributed by atoms with Crippen molar-refractivity contribution in [2.45, 2.75) is 171 Å². The summed E-state index contributed by atoms with van der Waals surface area (Å²) in [5.74, 6) is 62.4. The predicted octanol–water partition coefficient (Wildman–Crippen LogP) is 20.8. The maximum atomic E-state index is 13.1. The van der Waals surface area contributed by atoms with Crippen molar-refractivity contribution in [2.75, 3.05) is 9.80 Å². The molecule has 542 valence electrons. The van der Waals surface area contributed by atoms with E-state index in [2.05, 4.69) is 344 Å². The minimum absolute atomic E-state index is 0.000417. The van der Waals surface area contributed by atoms with E-state index >= 15 is 0 Å². The number of hydrogen-bond acceptors (Lipinski definition) is 4. The number of carbonyl (C=O) groups excluding carboxylic acids is 1. The molecule has 6 heteroatoms. The maximum absolute atomic E-state index is 13.1. The van der Waals surface area contributed by atoms with Crippen LogP contribution >= 0.6 is 0 Å². The summed E-state index contributed by atoms with van der Waals surface area (Å²) in [7, 11) is 0. The van der Waals surface area contributed by atoms with Gasteiger partial charge in [0.05, 0.1) is 28.2 Å². The molecule has 0 N–H and O–H groups in total. The molecule has 9 aromatic rings. The largest absolute Gasteiger partial charge is 0.361 e. The first-order valence-corrected chi connectivity index (χ1v) is 37.4. The van der Waals surface area contributed by atoms with Gasteiger partial charge in [0.15, 0.2) is 0 Å². The molecule has 8 aromatic carbocycles. The van der Waals surface area contributed by atoms with Crippen molar-refractivity contribution in [3.63, 3.8) is 0 Å². The molecule has 5 aliphatic rings. The van der Waals surface area contributed by atoms with Gasteiger partial charge in [-0.05, 0) is 253 Å². The molecule has 0 saturated heterocycles. The molecule has 3 aliphatic carbocycles. The van der Waals surface area contributed by atoms with Crippen LogP contribution in [0.25, 0.3) is 22.5 Å². The lowest BCUT2D eigenvalue weighted by atomic mass is 9.71. The summed E-state index contributed by atoms with van der Waals surface area (Å²) in [6.45, 7) is 34.1. The number of aromatic nitrogens is 3. The summed E-state index contributed by atoms with van der Waals surface area (Å²) in [4.78, 5) is 17.3. The average Bonchev–Trinajstić information content (AvgIpc) is 1.53. The first-order chi connectivity index (χ1) is 52.7. The Kier molecular flexibility index (Phi) is 27.5. The number of para-hydroxylation sites is 2. The van der Waals surface area contributed by atoms with E-state index in [1.54, 1.807) is 0 Å². The zero-order chi connectivity index (χ0) is 78.9. The molecule has 2 unspecified atom stereocenters. The van der Waals surface area contributed by atoms with E-state index in [0.29, 0.717) is 22.8 Å². The fraction of sp³-hybridized carbons (Fsp3) is 0.279. The summed E-state index contributed by atoms with van der Waals surface area (Å²) in [6.07, 6.45) is 17.3. The number of benzene rings is 8. The van der Waals surface area contributed by atoms with Gasteiger partial charge in [0.2, 0.25) is 0 Å².